The smallest absolute Gasteiger partial charge is 0.145 e. The Balaban J connectivity index is 2.70. The molecule has 0 amide bonds. The van der Waals surface area contributed by atoms with E-state index in [1.807, 2.05) is 17.8 Å². The zero-order chi connectivity index (χ0) is 14.5. The Hall–Kier alpha value is -0.250. The molecule has 1 unspecified atom stereocenters. The molecule has 0 spiro atoms. The maximum Gasteiger partial charge on any atom is 0.145 e. The van der Waals surface area contributed by atoms with Gasteiger partial charge in [-0.1, -0.05) is 51.4 Å². The van der Waals surface area contributed by atoms with E-state index in [9.17, 15) is 4.39 Å². The van der Waals surface area contributed by atoms with E-state index < -0.39 is 0 Å². The van der Waals surface area contributed by atoms with Crippen molar-refractivity contribution in [1.82, 2.24) is 5.32 Å². The van der Waals surface area contributed by atoms with Crippen LogP contribution in [-0.4, -0.2) is 23.1 Å². The quantitative estimate of drug-likeness (QED) is 0.828. The Labute approximate surface area is 125 Å². The van der Waals surface area contributed by atoms with Gasteiger partial charge >= 0.3 is 0 Å². The third-order valence-electron chi connectivity index (χ3n) is 2.71. The van der Waals surface area contributed by atoms with Crippen LogP contribution in [0.2, 0.25) is 5.02 Å². The topological polar surface area (TPSA) is 12.0 Å². The van der Waals surface area contributed by atoms with E-state index >= 15 is 0 Å². The molecule has 1 atom stereocenters. The third kappa shape index (κ3) is 6.15. The summed E-state index contributed by atoms with van der Waals surface area (Å²) in [5.41, 5.74) is 0.688. The molecule has 108 valence electrons. The van der Waals surface area contributed by atoms with Crippen LogP contribution in [0, 0.1) is 5.82 Å². The van der Waals surface area contributed by atoms with Crippen molar-refractivity contribution in [3.63, 3.8) is 0 Å². The zero-order valence-corrected chi connectivity index (χ0v) is 13.7. The Morgan fingerprint density at radius 3 is 2.63 bits per heavy atom. The molecule has 4 heteroatoms. The number of benzene rings is 1. The van der Waals surface area contributed by atoms with Gasteiger partial charge < -0.3 is 5.32 Å². The highest BCUT2D eigenvalue weighted by molar-refractivity contribution is 8.00. The van der Waals surface area contributed by atoms with Crippen LogP contribution in [0.5, 0.6) is 0 Å². The number of halogens is 2. The molecule has 1 nitrogen and oxygen atoms in total. The van der Waals surface area contributed by atoms with Crippen molar-refractivity contribution >= 4 is 23.4 Å². The second-order valence-corrected chi connectivity index (χ2v) is 7.85. The van der Waals surface area contributed by atoms with Crippen molar-refractivity contribution in [2.45, 2.75) is 44.9 Å². The molecule has 0 fully saturated rings. The number of hydrogen-bond acceptors (Lipinski definition) is 2. The summed E-state index contributed by atoms with van der Waals surface area (Å²) in [7, 11) is 0. The van der Waals surface area contributed by atoms with E-state index in [1.165, 1.54) is 0 Å². The van der Waals surface area contributed by atoms with Gasteiger partial charge in [-0.05, 0) is 24.6 Å². The molecule has 1 rings (SSSR count). The lowest BCUT2D eigenvalue weighted by Gasteiger charge is -2.24. The van der Waals surface area contributed by atoms with Crippen molar-refractivity contribution in [3.8, 4) is 0 Å². The monoisotopic (exact) mass is 303 g/mol. The Morgan fingerprint density at radius 1 is 1.37 bits per heavy atom. The number of thioether (sulfide) groups is 1. The maximum absolute atomic E-state index is 13.9. The molecule has 19 heavy (non-hydrogen) atoms. The molecule has 0 saturated carbocycles. The number of hydrogen-bond donors (Lipinski definition) is 1. The first-order chi connectivity index (χ1) is 8.83. The van der Waals surface area contributed by atoms with Crippen LogP contribution in [0.25, 0.3) is 0 Å². The largest absolute Gasteiger partial charge is 0.313 e. The summed E-state index contributed by atoms with van der Waals surface area (Å²) >= 11 is 7.72. The lowest BCUT2D eigenvalue weighted by atomic mass is 10.1. The van der Waals surface area contributed by atoms with Crippen LogP contribution in [0.3, 0.4) is 0 Å². The predicted molar refractivity (Wildman–Crippen MR) is 84.8 cm³/mol. The normalized spacial score (nSPS) is 13.6. The summed E-state index contributed by atoms with van der Waals surface area (Å²) in [6.45, 7) is 9.54. The summed E-state index contributed by atoms with van der Waals surface area (Å²) in [4.78, 5) is 0. The van der Waals surface area contributed by atoms with Crippen LogP contribution >= 0.6 is 23.4 Å². The fourth-order valence-corrected chi connectivity index (χ4v) is 2.93. The van der Waals surface area contributed by atoms with Gasteiger partial charge in [0.25, 0.3) is 0 Å². The summed E-state index contributed by atoms with van der Waals surface area (Å²) in [6, 6.07) is 5.47. The first-order valence-electron chi connectivity index (χ1n) is 6.63. The molecule has 0 radical (unpaired) electrons. The summed E-state index contributed by atoms with van der Waals surface area (Å²) in [5.74, 6) is 0.677. The average Bonchev–Trinajstić information content (AvgIpc) is 2.31. The van der Waals surface area contributed by atoms with Gasteiger partial charge in [-0.2, -0.15) is 11.8 Å². The van der Waals surface area contributed by atoms with Gasteiger partial charge in [0, 0.05) is 16.5 Å². The fraction of sp³-hybridized carbons (Fsp3) is 0.600. The number of likely N-dealkylation sites (N-methyl/N-ethyl adjacent to an activating group) is 1. The molecule has 0 saturated heterocycles. The van der Waals surface area contributed by atoms with E-state index in [4.69, 9.17) is 11.6 Å². The first-order valence-corrected chi connectivity index (χ1v) is 8.00. The van der Waals surface area contributed by atoms with Crippen LogP contribution in [0.4, 0.5) is 4.39 Å². The van der Waals surface area contributed by atoms with E-state index in [0.29, 0.717) is 12.0 Å². The maximum atomic E-state index is 13.9. The molecule has 1 aromatic carbocycles. The SMILES string of the molecule is CCNC(CSC(C)(C)C)Cc1cccc(Cl)c1F. The van der Waals surface area contributed by atoms with Crippen molar-refractivity contribution in [1.29, 1.82) is 0 Å². The zero-order valence-electron chi connectivity index (χ0n) is 12.1. The Morgan fingerprint density at radius 2 is 2.05 bits per heavy atom. The van der Waals surface area contributed by atoms with Crippen LogP contribution < -0.4 is 5.32 Å². The summed E-state index contributed by atoms with van der Waals surface area (Å²) in [6.07, 6.45) is 0.670. The summed E-state index contributed by atoms with van der Waals surface area (Å²) < 4.78 is 14.1. The number of rotatable bonds is 6. The first kappa shape index (κ1) is 16.8. The molecular weight excluding hydrogens is 281 g/mol. The highest BCUT2D eigenvalue weighted by Gasteiger charge is 2.17. The standard InChI is InChI=1S/C15H23ClFNS/c1-5-18-12(10-19-15(2,3)4)9-11-7-6-8-13(16)14(11)17/h6-8,12,18H,5,9-10H2,1-4H3. The Bertz CT molecular complexity index is 404. The van der Waals surface area contributed by atoms with Crippen molar-refractivity contribution < 1.29 is 4.39 Å². The van der Waals surface area contributed by atoms with Gasteiger partial charge in [0.1, 0.15) is 5.82 Å². The van der Waals surface area contributed by atoms with Crippen LogP contribution in [-0.2, 0) is 6.42 Å². The lowest BCUT2D eigenvalue weighted by Crippen LogP contribution is -2.34. The molecule has 1 aromatic rings. The van der Waals surface area contributed by atoms with Gasteiger partial charge in [-0.3, -0.25) is 0 Å². The molecule has 1 N–H and O–H groups in total. The average molecular weight is 304 g/mol. The minimum absolute atomic E-state index is 0.205. The fourth-order valence-electron chi connectivity index (χ4n) is 1.80. The minimum Gasteiger partial charge on any atom is -0.313 e. The highest BCUT2D eigenvalue weighted by Crippen LogP contribution is 2.25. The van der Waals surface area contributed by atoms with E-state index in [1.54, 1.807) is 12.1 Å². The van der Waals surface area contributed by atoms with Crippen molar-refractivity contribution in [3.05, 3.63) is 34.6 Å². The lowest BCUT2D eigenvalue weighted by molar-refractivity contribution is 0.544. The van der Waals surface area contributed by atoms with Gasteiger partial charge in [0.15, 0.2) is 0 Å². The summed E-state index contributed by atoms with van der Waals surface area (Å²) in [5, 5.41) is 3.62. The molecule has 0 aliphatic carbocycles. The number of nitrogens with one attached hydrogen (secondary N) is 1. The van der Waals surface area contributed by atoms with Crippen molar-refractivity contribution in [2.24, 2.45) is 0 Å². The molecule has 0 heterocycles. The molecule has 0 aliphatic rings. The van der Waals surface area contributed by atoms with Gasteiger partial charge in [0.05, 0.1) is 5.02 Å². The minimum atomic E-state index is -0.284. The molecule has 0 aliphatic heterocycles. The second kappa shape index (κ2) is 7.51. The van der Waals surface area contributed by atoms with Crippen LogP contribution in [0.1, 0.15) is 33.3 Å². The Kier molecular flexibility index (Phi) is 6.64. The van der Waals surface area contributed by atoms with E-state index in [-0.39, 0.29) is 21.6 Å². The predicted octanol–water partition coefficient (Wildman–Crippen LogP) is 4.53. The highest BCUT2D eigenvalue weighted by atomic mass is 35.5. The third-order valence-corrected chi connectivity index (χ3v) is 4.44. The van der Waals surface area contributed by atoms with Crippen molar-refractivity contribution in [2.75, 3.05) is 12.3 Å². The van der Waals surface area contributed by atoms with E-state index in [0.717, 1.165) is 12.3 Å². The van der Waals surface area contributed by atoms with Gasteiger partial charge in [0.2, 0.25) is 0 Å². The van der Waals surface area contributed by atoms with Crippen LogP contribution in [0.15, 0.2) is 18.2 Å². The molecular formula is C15H23ClFNS. The molecule has 0 aromatic heterocycles. The second-order valence-electron chi connectivity index (χ2n) is 5.60. The van der Waals surface area contributed by atoms with Gasteiger partial charge in [-0.25, -0.2) is 4.39 Å². The van der Waals surface area contributed by atoms with E-state index in [2.05, 4.69) is 33.0 Å². The van der Waals surface area contributed by atoms with Gasteiger partial charge in [-0.15, -0.1) is 0 Å². The molecule has 0 bridgehead atoms.